The molecule has 174 valence electrons. The number of urea groups is 1. The van der Waals surface area contributed by atoms with E-state index in [1.54, 1.807) is 36.7 Å². The number of pyridine rings is 2. The van der Waals surface area contributed by atoms with Crippen molar-refractivity contribution in [3.63, 3.8) is 0 Å². The second-order valence-corrected chi connectivity index (χ2v) is 8.79. The third-order valence-electron chi connectivity index (χ3n) is 5.27. The van der Waals surface area contributed by atoms with E-state index in [1.165, 1.54) is 7.11 Å². The summed E-state index contributed by atoms with van der Waals surface area (Å²) in [6, 6.07) is 16.1. The van der Waals surface area contributed by atoms with E-state index in [9.17, 15) is 4.79 Å². The molecule has 4 aromatic rings. The van der Waals surface area contributed by atoms with Crippen LogP contribution in [0.4, 0.5) is 22.0 Å². The molecule has 0 bridgehead atoms. The Bertz CT molecular complexity index is 1350. The minimum Gasteiger partial charge on any atom is -0.480 e. The smallest absolute Gasteiger partial charge is 0.323 e. The lowest BCUT2D eigenvalue weighted by Gasteiger charge is -2.20. The zero-order chi connectivity index (χ0) is 24.3. The van der Waals surface area contributed by atoms with E-state index < -0.39 is 6.03 Å². The predicted octanol–water partition coefficient (Wildman–Crippen LogP) is 5.95. The zero-order valence-corrected chi connectivity index (χ0v) is 19.5. The van der Waals surface area contributed by atoms with Gasteiger partial charge in [-0.25, -0.2) is 14.8 Å². The van der Waals surface area contributed by atoms with Gasteiger partial charge in [-0.1, -0.05) is 45.0 Å². The van der Waals surface area contributed by atoms with Gasteiger partial charge in [0.2, 0.25) is 5.88 Å². The Morgan fingerprint density at radius 3 is 2.38 bits per heavy atom. The number of aromatic nitrogens is 2. The van der Waals surface area contributed by atoms with Crippen molar-refractivity contribution in [3.05, 3.63) is 72.6 Å². The lowest BCUT2D eigenvalue weighted by molar-refractivity contribution is 0.262. The number of nitrogens with one attached hydrogen (secondary N) is 2. The molecule has 4 N–H and O–H groups in total. The first-order valence-electron chi connectivity index (χ1n) is 10.8. The number of amides is 2. The second kappa shape index (κ2) is 9.27. The lowest BCUT2D eigenvalue weighted by atomic mass is 9.88. The number of ether oxygens (including phenoxy) is 2. The summed E-state index contributed by atoms with van der Waals surface area (Å²) in [5.41, 5.74) is 7.74. The molecule has 0 atom stereocenters. The molecule has 8 heteroatoms. The summed E-state index contributed by atoms with van der Waals surface area (Å²) in [6.45, 7) is 6.24. The molecule has 4 rings (SSSR count). The van der Waals surface area contributed by atoms with Crippen molar-refractivity contribution in [1.82, 2.24) is 9.97 Å². The normalized spacial score (nSPS) is 11.2. The molecule has 0 spiro atoms. The second-order valence-electron chi connectivity index (χ2n) is 8.79. The molecule has 2 aromatic carbocycles. The van der Waals surface area contributed by atoms with Crippen LogP contribution >= 0.6 is 0 Å². The van der Waals surface area contributed by atoms with Gasteiger partial charge in [0.1, 0.15) is 23.0 Å². The first-order valence-corrected chi connectivity index (χ1v) is 10.8. The van der Waals surface area contributed by atoms with Crippen molar-refractivity contribution in [2.45, 2.75) is 26.2 Å². The molecule has 34 heavy (non-hydrogen) atoms. The number of fused-ring (bicyclic) bond motifs is 1. The predicted molar refractivity (Wildman–Crippen MR) is 135 cm³/mol. The largest absolute Gasteiger partial charge is 0.480 e. The quantitative estimate of drug-likeness (QED) is 0.341. The standard InChI is InChI=1S/C26H27N5O3/c1-26(2,3)16-13-21(24(33-4)29-15-16)31-25(32)30-20-9-10-22(19-8-6-5-7-18(19)20)34-17-11-12-28-23(27)14-17/h5-15H,1-4H3,(H2,27,28)(H2,30,31,32). The van der Waals surface area contributed by atoms with Crippen LogP contribution in [0.2, 0.25) is 0 Å². The van der Waals surface area contributed by atoms with E-state index in [2.05, 4.69) is 41.4 Å². The molecule has 0 aliphatic heterocycles. The highest BCUT2D eigenvalue weighted by Gasteiger charge is 2.18. The van der Waals surface area contributed by atoms with Crippen molar-refractivity contribution in [1.29, 1.82) is 0 Å². The van der Waals surface area contributed by atoms with Crippen LogP contribution in [0.15, 0.2) is 67.0 Å². The number of methoxy groups -OCH3 is 1. The maximum absolute atomic E-state index is 12.9. The van der Waals surface area contributed by atoms with E-state index in [-0.39, 0.29) is 5.41 Å². The molecule has 0 radical (unpaired) electrons. The zero-order valence-electron chi connectivity index (χ0n) is 19.5. The van der Waals surface area contributed by atoms with Crippen LogP contribution in [0.1, 0.15) is 26.3 Å². The van der Waals surface area contributed by atoms with Gasteiger partial charge in [-0.2, -0.15) is 0 Å². The summed E-state index contributed by atoms with van der Waals surface area (Å²) >= 11 is 0. The maximum atomic E-state index is 12.9. The monoisotopic (exact) mass is 457 g/mol. The number of benzene rings is 2. The fourth-order valence-electron chi connectivity index (χ4n) is 3.48. The fraction of sp³-hybridized carbons (Fsp3) is 0.192. The van der Waals surface area contributed by atoms with Gasteiger partial charge in [0, 0.05) is 29.2 Å². The SMILES string of the molecule is COc1ncc(C(C)(C)C)cc1NC(=O)Nc1ccc(Oc2ccnc(N)c2)c2ccccc12. The van der Waals surface area contributed by atoms with Gasteiger partial charge in [-0.05, 0) is 35.2 Å². The van der Waals surface area contributed by atoms with Crippen molar-refractivity contribution in [3.8, 4) is 17.4 Å². The third kappa shape index (κ3) is 5.01. The van der Waals surface area contributed by atoms with Gasteiger partial charge in [0.25, 0.3) is 0 Å². The average molecular weight is 458 g/mol. The maximum Gasteiger partial charge on any atom is 0.323 e. The Balaban J connectivity index is 1.60. The molecular weight excluding hydrogens is 430 g/mol. The van der Waals surface area contributed by atoms with Crippen molar-refractivity contribution >= 4 is 34.0 Å². The number of carbonyl (C=O) groups is 1. The Labute approximate surface area is 198 Å². The van der Waals surface area contributed by atoms with Crippen LogP contribution in [0.3, 0.4) is 0 Å². The van der Waals surface area contributed by atoms with Crippen LogP contribution in [-0.4, -0.2) is 23.1 Å². The van der Waals surface area contributed by atoms with Gasteiger partial charge in [0.15, 0.2) is 0 Å². The number of hydrogen-bond acceptors (Lipinski definition) is 6. The Morgan fingerprint density at radius 1 is 0.941 bits per heavy atom. The number of nitrogens with two attached hydrogens (primary N) is 1. The van der Waals surface area contributed by atoms with E-state index >= 15 is 0 Å². The van der Waals surface area contributed by atoms with Gasteiger partial charge in [-0.15, -0.1) is 0 Å². The van der Waals surface area contributed by atoms with Crippen molar-refractivity contribution in [2.75, 3.05) is 23.5 Å². The topological polar surface area (TPSA) is 111 Å². The third-order valence-corrected chi connectivity index (χ3v) is 5.27. The highest BCUT2D eigenvalue weighted by Crippen LogP contribution is 2.35. The number of rotatable bonds is 5. The van der Waals surface area contributed by atoms with E-state index in [4.69, 9.17) is 15.2 Å². The fourth-order valence-corrected chi connectivity index (χ4v) is 3.48. The first-order chi connectivity index (χ1) is 16.2. The number of hydrogen-bond donors (Lipinski definition) is 3. The summed E-state index contributed by atoms with van der Waals surface area (Å²) in [5, 5.41) is 7.44. The Morgan fingerprint density at radius 2 is 1.68 bits per heavy atom. The molecular formula is C26H27N5O3. The van der Waals surface area contributed by atoms with Crippen LogP contribution in [0, 0.1) is 0 Å². The summed E-state index contributed by atoms with van der Waals surface area (Å²) in [6.07, 6.45) is 3.34. The van der Waals surface area contributed by atoms with E-state index in [1.807, 2.05) is 30.3 Å². The molecule has 0 aliphatic carbocycles. The minimum absolute atomic E-state index is 0.127. The van der Waals surface area contributed by atoms with Crippen molar-refractivity contribution < 1.29 is 14.3 Å². The van der Waals surface area contributed by atoms with Gasteiger partial charge in [-0.3, -0.25) is 0 Å². The van der Waals surface area contributed by atoms with Crippen LogP contribution < -0.4 is 25.8 Å². The molecule has 0 aliphatic rings. The van der Waals surface area contributed by atoms with E-state index in [0.29, 0.717) is 34.6 Å². The first kappa shape index (κ1) is 22.8. The highest BCUT2D eigenvalue weighted by molar-refractivity contribution is 6.07. The molecule has 8 nitrogen and oxygen atoms in total. The highest BCUT2D eigenvalue weighted by atomic mass is 16.5. The summed E-state index contributed by atoms with van der Waals surface area (Å²) < 4.78 is 11.4. The van der Waals surface area contributed by atoms with Gasteiger partial charge < -0.3 is 25.8 Å². The van der Waals surface area contributed by atoms with Crippen LogP contribution in [0.25, 0.3) is 10.8 Å². The number of nitrogen functional groups attached to an aromatic ring is 1. The molecule has 0 saturated heterocycles. The molecule has 2 aromatic heterocycles. The number of nitrogens with zero attached hydrogens (tertiary/aromatic N) is 2. The van der Waals surface area contributed by atoms with Crippen molar-refractivity contribution in [2.24, 2.45) is 0 Å². The van der Waals surface area contributed by atoms with E-state index in [0.717, 1.165) is 16.3 Å². The van der Waals surface area contributed by atoms with Crippen LogP contribution in [0.5, 0.6) is 17.4 Å². The number of anilines is 3. The Kier molecular flexibility index (Phi) is 6.23. The lowest BCUT2D eigenvalue weighted by Crippen LogP contribution is -2.21. The molecule has 2 heterocycles. The molecule has 0 fully saturated rings. The summed E-state index contributed by atoms with van der Waals surface area (Å²) in [4.78, 5) is 21.2. The van der Waals surface area contributed by atoms with Crippen LogP contribution in [-0.2, 0) is 5.41 Å². The van der Waals surface area contributed by atoms with Gasteiger partial charge >= 0.3 is 6.03 Å². The molecule has 0 unspecified atom stereocenters. The summed E-state index contributed by atoms with van der Waals surface area (Å²) in [5.74, 6) is 1.93. The summed E-state index contributed by atoms with van der Waals surface area (Å²) in [7, 11) is 1.52. The van der Waals surface area contributed by atoms with Gasteiger partial charge in [0.05, 0.1) is 12.8 Å². The molecule has 0 saturated carbocycles. The Hall–Kier alpha value is -4.33. The molecule has 2 amide bonds. The number of carbonyl (C=O) groups excluding carboxylic acids is 1. The average Bonchev–Trinajstić information content (AvgIpc) is 2.80. The minimum atomic E-state index is -0.410.